The second-order valence-corrected chi connectivity index (χ2v) is 6.33. The van der Waals surface area contributed by atoms with Crippen LogP contribution in [0.2, 0.25) is 0 Å². The zero-order valence-corrected chi connectivity index (χ0v) is 12.5. The van der Waals surface area contributed by atoms with Crippen molar-refractivity contribution in [3.63, 3.8) is 0 Å². The molecule has 1 aromatic carbocycles. The fourth-order valence-electron chi connectivity index (χ4n) is 3.76. The molecule has 0 saturated heterocycles. The van der Waals surface area contributed by atoms with Gasteiger partial charge in [-0.1, -0.05) is 18.2 Å². The van der Waals surface area contributed by atoms with Crippen LogP contribution >= 0.6 is 0 Å². The van der Waals surface area contributed by atoms with Crippen molar-refractivity contribution in [2.45, 2.75) is 25.8 Å². The molecule has 4 heteroatoms. The minimum atomic E-state index is 0.0482. The molecule has 112 valence electrons. The third-order valence-electron chi connectivity index (χ3n) is 4.91. The number of nitrogens with zero attached hydrogens (tertiary/aromatic N) is 2. The first-order chi connectivity index (χ1) is 11.2. The van der Waals surface area contributed by atoms with Gasteiger partial charge in [-0.15, -0.1) is 0 Å². The van der Waals surface area contributed by atoms with Crippen molar-refractivity contribution in [2.24, 2.45) is 0 Å². The highest BCUT2D eigenvalue weighted by molar-refractivity contribution is 5.86. The van der Waals surface area contributed by atoms with E-state index in [1.165, 1.54) is 0 Å². The Kier molecular flexibility index (Phi) is 2.43. The zero-order valence-electron chi connectivity index (χ0n) is 12.5. The van der Waals surface area contributed by atoms with E-state index in [2.05, 4.69) is 6.07 Å². The van der Waals surface area contributed by atoms with Crippen LogP contribution < -0.4 is 5.56 Å². The summed E-state index contributed by atoms with van der Waals surface area (Å²) in [6, 6.07) is 12.1. The van der Waals surface area contributed by atoms with Crippen molar-refractivity contribution in [1.29, 1.82) is 0 Å². The van der Waals surface area contributed by atoms with E-state index in [1.807, 2.05) is 34.9 Å². The quantitative estimate of drug-likeness (QED) is 0.501. The number of carbonyl (C=O) groups excluding carboxylic acids is 1. The summed E-state index contributed by atoms with van der Waals surface area (Å²) in [5.41, 5.74) is 5.49. The summed E-state index contributed by atoms with van der Waals surface area (Å²) < 4.78 is 1.81. The molecular formula is C19H14N2O2. The van der Waals surface area contributed by atoms with Gasteiger partial charge < -0.3 is 4.57 Å². The van der Waals surface area contributed by atoms with Crippen LogP contribution in [0.3, 0.4) is 0 Å². The summed E-state index contributed by atoms with van der Waals surface area (Å²) in [5, 5.41) is 1.09. The Balaban J connectivity index is 1.79. The SMILES string of the molecule is O=C1CCc2c(cc3n(c2=O)Cc2cc4ccccc4nc2-3)C1. The van der Waals surface area contributed by atoms with Gasteiger partial charge >= 0.3 is 0 Å². The number of pyridine rings is 2. The van der Waals surface area contributed by atoms with Crippen molar-refractivity contribution >= 4 is 16.7 Å². The van der Waals surface area contributed by atoms with E-state index < -0.39 is 0 Å². The molecule has 0 radical (unpaired) electrons. The van der Waals surface area contributed by atoms with E-state index >= 15 is 0 Å². The lowest BCUT2D eigenvalue weighted by molar-refractivity contribution is -0.118. The van der Waals surface area contributed by atoms with E-state index in [0.717, 1.165) is 39.0 Å². The van der Waals surface area contributed by atoms with Gasteiger partial charge in [0.15, 0.2) is 0 Å². The fourth-order valence-corrected chi connectivity index (χ4v) is 3.76. The molecule has 3 aromatic rings. The predicted octanol–water partition coefficient (Wildman–Crippen LogP) is 2.48. The molecule has 0 spiro atoms. The second kappa shape index (κ2) is 4.38. The standard InChI is InChI=1S/C19H14N2O2/c22-14-5-6-15-12(8-14)9-17-18-13(10-21(17)19(15)23)7-11-3-1-2-4-16(11)20-18/h1-4,7,9H,5-6,8,10H2. The number of ketones is 1. The maximum absolute atomic E-state index is 12.8. The molecule has 1 aliphatic carbocycles. The highest BCUT2D eigenvalue weighted by Crippen LogP contribution is 2.33. The molecular weight excluding hydrogens is 288 g/mol. The molecule has 0 bridgehead atoms. The van der Waals surface area contributed by atoms with Crippen LogP contribution in [-0.2, 0) is 24.2 Å². The summed E-state index contributed by atoms with van der Waals surface area (Å²) in [6.07, 6.45) is 1.43. The van der Waals surface area contributed by atoms with Crippen LogP contribution in [0.5, 0.6) is 0 Å². The van der Waals surface area contributed by atoms with Crippen LogP contribution in [0.4, 0.5) is 0 Å². The number of fused-ring (bicyclic) bond motifs is 5. The van der Waals surface area contributed by atoms with Gasteiger partial charge in [0.1, 0.15) is 5.78 Å². The number of aromatic nitrogens is 2. The Bertz CT molecular complexity index is 1060. The van der Waals surface area contributed by atoms with Crippen LogP contribution in [0.15, 0.2) is 41.2 Å². The van der Waals surface area contributed by atoms with Gasteiger partial charge in [0.05, 0.1) is 23.4 Å². The fraction of sp³-hybridized carbons (Fsp3) is 0.211. The molecule has 0 unspecified atom stereocenters. The minimum absolute atomic E-state index is 0.0482. The number of Topliss-reactive ketones (excluding diaryl/α,β-unsaturated/α-hetero) is 1. The van der Waals surface area contributed by atoms with E-state index in [9.17, 15) is 9.59 Å². The van der Waals surface area contributed by atoms with Gasteiger partial charge in [-0.3, -0.25) is 9.59 Å². The monoisotopic (exact) mass is 302 g/mol. The van der Waals surface area contributed by atoms with E-state index in [4.69, 9.17) is 4.98 Å². The highest BCUT2D eigenvalue weighted by Gasteiger charge is 2.27. The van der Waals surface area contributed by atoms with Crippen LogP contribution in [0, 0.1) is 0 Å². The van der Waals surface area contributed by atoms with Gasteiger partial charge in [0.25, 0.3) is 5.56 Å². The number of benzene rings is 1. The maximum Gasteiger partial charge on any atom is 0.254 e. The van der Waals surface area contributed by atoms with E-state index in [-0.39, 0.29) is 11.3 Å². The van der Waals surface area contributed by atoms with Crippen molar-refractivity contribution in [3.05, 3.63) is 63.4 Å². The summed E-state index contributed by atoms with van der Waals surface area (Å²) >= 11 is 0. The number of hydrogen-bond donors (Lipinski definition) is 0. The lowest BCUT2D eigenvalue weighted by Gasteiger charge is -2.16. The number of para-hydroxylation sites is 1. The van der Waals surface area contributed by atoms with Crippen molar-refractivity contribution in [2.75, 3.05) is 0 Å². The van der Waals surface area contributed by atoms with E-state index in [1.54, 1.807) is 0 Å². The molecule has 5 rings (SSSR count). The number of rotatable bonds is 0. The van der Waals surface area contributed by atoms with Crippen LogP contribution in [0.1, 0.15) is 23.1 Å². The first-order valence-electron chi connectivity index (χ1n) is 7.87. The molecule has 0 N–H and O–H groups in total. The van der Waals surface area contributed by atoms with Gasteiger partial charge in [-0.05, 0) is 30.2 Å². The van der Waals surface area contributed by atoms with Crippen molar-refractivity contribution < 1.29 is 4.79 Å². The summed E-state index contributed by atoms with van der Waals surface area (Å²) in [4.78, 5) is 29.3. The third kappa shape index (κ3) is 1.75. The first kappa shape index (κ1) is 12.8. The molecule has 4 nitrogen and oxygen atoms in total. The summed E-state index contributed by atoms with van der Waals surface area (Å²) in [7, 11) is 0. The third-order valence-corrected chi connectivity index (χ3v) is 4.91. The predicted molar refractivity (Wildman–Crippen MR) is 87.6 cm³/mol. The minimum Gasteiger partial charge on any atom is -0.302 e. The Morgan fingerprint density at radius 2 is 1.87 bits per heavy atom. The largest absolute Gasteiger partial charge is 0.302 e. The average molecular weight is 302 g/mol. The Labute approximate surface area is 132 Å². The molecule has 0 atom stereocenters. The topological polar surface area (TPSA) is 52.0 Å². The van der Waals surface area contributed by atoms with Gasteiger partial charge in [-0.25, -0.2) is 4.98 Å². The molecule has 1 aliphatic heterocycles. The van der Waals surface area contributed by atoms with Crippen molar-refractivity contribution in [1.82, 2.24) is 9.55 Å². The van der Waals surface area contributed by atoms with E-state index in [0.29, 0.717) is 25.8 Å². The smallest absolute Gasteiger partial charge is 0.254 e. The lowest BCUT2D eigenvalue weighted by Crippen LogP contribution is -2.28. The van der Waals surface area contributed by atoms with Crippen LogP contribution in [0.25, 0.3) is 22.3 Å². The van der Waals surface area contributed by atoms with Crippen molar-refractivity contribution in [3.8, 4) is 11.4 Å². The molecule has 0 fully saturated rings. The lowest BCUT2D eigenvalue weighted by atomic mass is 9.91. The first-order valence-corrected chi connectivity index (χ1v) is 7.87. The molecule has 23 heavy (non-hydrogen) atoms. The van der Waals surface area contributed by atoms with Gasteiger partial charge in [0, 0.05) is 29.4 Å². The zero-order chi connectivity index (χ0) is 15.6. The molecule has 2 aromatic heterocycles. The Hall–Kier alpha value is -2.75. The summed E-state index contributed by atoms with van der Waals surface area (Å²) in [6.45, 7) is 0.572. The Morgan fingerprint density at radius 1 is 1.00 bits per heavy atom. The second-order valence-electron chi connectivity index (χ2n) is 6.33. The van der Waals surface area contributed by atoms with Crippen LogP contribution in [-0.4, -0.2) is 15.3 Å². The number of hydrogen-bond acceptors (Lipinski definition) is 3. The molecule has 0 amide bonds. The Morgan fingerprint density at radius 3 is 2.78 bits per heavy atom. The van der Waals surface area contributed by atoms with Gasteiger partial charge in [-0.2, -0.15) is 0 Å². The highest BCUT2D eigenvalue weighted by atomic mass is 16.1. The maximum atomic E-state index is 12.8. The number of carbonyl (C=O) groups is 1. The summed E-state index contributed by atoms with van der Waals surface area (Å²) in [5.74, 6) is 0.214. The normalized spacial score (nSPS) is 15.4. The average Bonchev–Trinajstić information content (AvgIpc) is 2.91. The molecule has 3 heterocycles. The molecule has 0 saturated carbocycles. The van der Waals surface area contributed by atoms with Gasteiger partial charge in [0.2, 0.25) is 0 Å². The molecule has 2 aliphatic rings.